The number of ether oxygens (including phenoxy) is 7. The molecule has 22 heteroatoms. The molecule has 7 rings (SSSR count). The van der Waals surface area contributed by atoms with Gasteiger partial charge in [-0.2, -0.15) is 43.9 Å². The third-order valence-corrected chi connectivity index (χ3v) is 14.2. The van der Waals surface area contributed by atoms with E-state index in [9.17, 15) is 4.79 Å². The van der Waals surface area contributed by atoms with E-state index in [1.54, 1.807) is 24.3 Å². The van der Waals surface area contributed by atoms with E-state index in [1.807, 2.05) is 29.6 Å². The maximum Gasteiger partial charge on any atom is 0.437 e. The molecule has 4 heterocycles. The minimum Gasteiger partial charge on any atom is -0.383 e. The predicted octanol–water partition coefficient (Wildman–Crippen LogP) is 10.3. The molecule has 4 saturated heterocycles. The number of nitrogens with one attached hydrogen (secondary N) is 3. The molecule has 1 amide bonds. The van der Waals surface area contributed by atoms with Crippen LogP contribution >= 0.6 is 0 Å². The van der Waals surface area contributed by atoms with Gasteiger partial charge in [-0.05, 0) is 128 Å². The molecule has 4 atom stereocenters. The van der Waals surface area contributed by atoms with Crippen LogP contribution in [0.15, 0.2) is 59.8 Å². The molecule has 1 saturated carbocycles. The number of halogens is 10. The summed E-state index contributed by atoms with van der Waals surface area (Å²) in [5, 5.41) is 7.76. The number of carbonyl (C=O) groups is 1. The van der Waals surface area contributed by atoms with Crippen molar-refractivity contribution in [3.05, 3.63) is 70.9 Å². The van der Waals surface area contributed by atoms with Crippen LogP contribution in [0.25, 0.3) is 0 Å². The fourth-order valence-corrected chi connectivity index (χ4v) is 8.05. The van der Waals surface area contributed by atoms with Crippen LogP contribution in [0, 0.1) is 5.41 Å². The van der Waals surface area contributed by atoms with Gasteiger partial charge in [0.05, 0.1) is 67.6 Å². The molecular weight excluding hydrogens is 999 g/mol. The molecule has 0 radical (unpaired) electrons. The van der Waals surface area contributed by atoms with Gasteiger partial charge in [-0.1, -0.05) is 38.1 Å². The van der Waals surface area contributed by atoms with Crippen molar-refractivity contribution in [2.24, 2.45) is 5.41 Å². The number of alkyl halides is 10. The first-order valence-corrected chi connectivity index (χ1v) is 25.1. The Labute approximate surface area is 426 Å². The SMILES string of the molecule is CC(C)(OC(F)(F)C(=O)NCCc1ccc(NCC2CO2)cc1)C(F)(F)OC(C)(C)C(C)(C)C(F)(F)C(F)(F)OC(C)(C)C(F)(F)C(NCCc1ccc(N(CC2CO2)CC2CO2)cc1)=C1CCCC1.CC1CO1. The molecule has 0 aromatic heterocycles. The van der Waals surface area contributed by atoms with Crippen molar-refractivity contribution in [3.63, 3.8) is 0 Å². The van der Waals surface area contributed by atoms with Gasteiger partial charge in [-0.25, -0.2) is 0 Å². The Bertz CT molecular complexity index is 2190. The summed E-state index contributed by atoms with van der Waals surface area (Å²) in [6.45, 7) is 10.3. The second-order valence-corrected chi connectivity index (χ2v) is 21.7. The first-order chi connectivity index (χ1) is 34.2. The number of nitrogens with zero attached hydrogens (tertiary/aromatic N) is 1. The zero-order valence-electron chi connectivity index (χ0n) is 43.5. The monoisotopic (exact) mass is 1070 g/mol. The number of amides is 1. The second-order valence-electron chi connectivity index (χ2n) is 21.7. The summed E-state index contributed by atoms with van der Waals surface area (Å²) in [5.41, 5.74) is -10.7. The fraction of sp³-hybridized carbons (Fsp3) is 0.712. The fourth-order valence-electron chi connectivity index (χ4n) is 8.05. The van der Waals surface area contributed by atoms with Crippen LogP contribution in [-0.2, 0) is 50.8 Å². The smallest absolute Gasteiger partial charge is 0.383 e. The van der Waals surface area contributed by atoms with Gasteiger partial charge in [-0.15, -0.1) is 0 Å². The molecule has 0 spiro atoms. The summed E-state index contributed by atoms with van der Waals surface area (Å²) >= 11 is 0. The molecule has 2 aromatic carbocycles. The van der Waals surface area contributed by atoms with E-state index in [0.717, 1.165) is 23.5 Å². The first kappa shape index (κ1) is 59.3. The van der Waals surface area contributed by atoms with Crippen molar-refractivity contribution in [2.75, 3.05) is 69.4 Å². The third-order valence-electron chi connectivity index (χ3n) is 14.2. The lowest BCUT2D eigenvalue weighted by molar-refractivity contribution is -0.449. The second kappa shape index (κ2) is 22.6. The number of rotatable bonds is 28. The van der Waals surface area contributed by atoms with Crippen LogP contribution in [0.1, 0.15) is 99.1 Å². The molecule has 5 aliphatic rings. The highest BCUT2D eigenvalue weighted by molar-refractivity contribution is 5.81. The number of hydrogen-bond donors (Lipinski definition) is 3. The highest BCUT2D eigenvalue weighted by Gasteiger charge is 2.74. The van der Waals surface area contributed by atoms with Gasteiger partial charge in [0, 0.05) is 44.1 Å². The maximum atomic E-state index is 16.7. The zero-order chi connectivity index (χ0) is 54.8. The van der Waals surface area contributed by atoms with Crippen LogP contribution in [0.4, 0.5) is 55.3 Å². The molecule has 418 valence electrons. The molecular formula is C52H72F10N4O8. The van der Waals surface area contributed by atoms with Gasteiger partial charge in [-0.3, -0.25) is 9.53 Å². The standard InChI is InChI=1S/C49H66F10N4O7.C3H6O/c1-41(2,42(3,4)69-48(56,57)44(7,8)68-46(52,53)40(64)61-24-22-31-13-17-34(18-14-31)62-25-36-28-65-36)47(54,55)49(58,59)70-43(5,6)45(50,51)39(33-11-9-10-12-33)60-23-21-32-15-19-35(20-16-32)63(26-37-29-66-37)27-38-30-67-38;1-3-2-4-3/h13-20,36-38,60,62H,9-12,21-30H2,1-8H3,(H,61,64);3H,2H2,1H3. The number of benzene rings is 2. The number of carbonyl (C=O) groups excluding carboxylic acids is 1. The van der Waals surface area contributed by atoms with Gasteiger partial charge in [0.25, 0.3) is 0 Å². The van der Waals surface area contributed by atoms with E-state index in [-0.39, 0.29) is 62.7 Å². The van der Waals surface area contributed by atoms with Crippen LogP contribution in [0.5, 0.6) is 0 Å². The lowest BCUT2D eigenvalue weighted by Crippen LogP contribution is -2.66. The van der Waals surface area contributed by atoms with Crippen molar-refractivity contribution in [1.82, 2.24) is 10.6 Å². The molecule has 3 N–H and O–H groups in total. The average Bonchev–Trinajstić information content (AvgIpc) is 4.06. The summed E-state index contributed by atoms with van der Waals surface area (Å²) in [5.74, 6) is -12.0. The van der Waals surface area contributed by atoms with E-state index in [4.69, 9.17) is 23.7 Å². The third kappa shape index (κ3) is 15.0. The Balaban J connectivity index is 0.00000212. The number of anilines is 2. The number of hydrogen-bond acceptors (Lipinski definition) is 11. The van der Waals surface area contributed by atoms with Crippen LogP contribution < -0.4 is 20.9 Å². The van der Waals surface area contributed by atoms with Gasteiger partial charge < -0.3 is 49.3 Å². The molecule has 2 aromatic rings. The Morgan fingerprint density at radius 2 is 1.07 bits per heavy atom. The van der Waals surface area contributed by atoms with Gasteiger partial charge in [0.15, 0.2) is 5.60 Å². The van der Waals surface area contributed by atoms with Crippen molar-refractivity contribution < 1.29 is 81.9 Å². The molecule has 4 unspecified atom stereocenters. The molecule has 1 aliphatic carbocycles. The van der Waals surface area contributed by atoms with E-state index in [0.29, 0.717) is 119 Å². The Kier molecular flexibility index (Phi) is 18.1. The molecule has 74 heavy (non-hydrogen) atoms. The summed E-state index contributed by atoms with van der Waals surface area (Å²) < 4.78 is 194. The molecule has 5 fully saturated rings. The normalized spacial score (nSPS) is 21.4. The summed E-state index contributed by atoms with van der Waals surface area (Å²) in [4.78, 5) is 14.6. The molecule has 12 nitrogen and oxygen atoms in total. The van der Waals surface area contributed by atoms with Gasteiger partial charge in [0.2, 0.25) is 0 Å². The summed E-state index contributed by atoms with van der Waals surface area (Å²) in [6.07, 6.45) is -13.0. The lowest BCUT2D eigenvalue weighted by Gasteiger charge is -2.51. The van der Waals surface area contributed by atoms with Crippen molar-refractivity contribution >= 4 is 17.3 Å². The topological polar surface area (TPSA) is 134 Å². The molecule has 4 aliphatic heterocycles. The van der Waals surface area contributed by atoms with Crippen molar-refractivity contribution in [2.45, 2.75) is 172 Å². The van der Waals surface area contributed by atoms with Crippen LogP contribution in [0.2, 0.25) is 0 Å². The van der Waals surface area contributed by atoms with Gasteiger partial charge >= 0.3 is 36.1 Å². The van der Waals surface area contributed by atoms with Crippen LogP contribution in [0.3, 0.4) is 0 Å². The highest BCUT2D eigenvalue weighted by Crippen LogP contribution is 2.58. The Hall–Kier alpha value is -3.93. The first-order valence-electron chi connectivity index (χ1n) is 25.1. The van der Waals surface area contributed by atoms with Crippen LogP contribution in [-0.4, -0.2) is 136 Å². The highest BCUT2D eigenvalue weighted by atomic mass is 19.3. The van der Waals surface area contributed by atoms with Crippen molar-refractivity contribution in [3.8, 4) is 0 Å². The van der Waals surface area contributed by atoms with E-state index in [1.165, 1.54) is 0 Å². The lowest BCUT2D eigenvalue weighted by atomic mass is 9.71. The Morgan fingerprint density at radius 3 is 1.54 bits per heavy atom. The van der Waals surface area contributed by atoms with E-state index >= 15 is 43.9 Å². The Morgan fingerprint density at radius 1 is 0.608 bits per heavy atom. The maximum absolute atomic E-state index is 16.7. The summed E-state index contributed by atoms with van der Waals surface area (Å²) in [6, 6.07) is 14.3. The van der Waals surface area contributed by atoms with E-state index in [2.05, 4.69) is 31.9 Å². The number of epoxide rings is 4. The average molecular weight is 1070 g/mol. The number of allylic oxidation sites excluding steroid dienone is 1. The predicted molar refractivity (Wildman–Crippen MR) is 256 cm³/mol. The quantitative estimate of drug-likeness (QED) is 0.0556. The summed E-state index contributed by atoms with van der Waals surface area (Å²) in [7, 11) is 0. The minimum absolute atomic E-state index is 0.0663. The van der Waals surface area contributed by atoms with Gasteiger partial charge in [0.1, 0.15) is 5.60 Å². The largest absolute Gasteiger partial charge is 0.437 e. The van der Waals surface area contributed by atoms with Crippen molar-refractivity contribution in [1.29, 1.82) is 0 Å². The van der Waals surface area contributed by atoms with E-state index < -0.39 is 64.0 Å². The zero-order valence-corrected chi connectivity index (χ0v) is 43.5. The minimum atomic E-state index is -5.78. The molecule has 0 bridgehead atoms.